The molecule has 0 atom stereocenters. The predicted molar refractivity (Wildman–Crippen MR) is 148 cm³/mol. The molecule has 2 aromatic carbocycles. The minimum atomic E-state index is -3.20. The highest BCUT2D eigenvalue weighted by Gasteiger charge is 2.13. The quantitative estimate of drug-likeness (QED) is 0.337. The molecule has 1 aromatic heterocycles. The van der Waals surface area contributed by atoms with Crippen LogP contribution >= 0.6 is 11.3 Å². The number of rotatable bonds is 9. The van der Waals surface area contributed by atoms with Crippen molar-refractivity contribution in [3.05, 3.63) is 88.4 Å². The van der Waals surface area contributed by atoms with Gasteiger partial charge in [0.1, 0.15) is 6.61 Å². The Bertz CT molecular complexity index is 1000. The number of nitrogens with zero attached hydrogens (tertiary/aromatic N) is 1. The van der Waals surface area contributed by atoms with Crippen LogP contribution in [0.5, 0.6) is 0 Å². The number of amides is 1. The van der Waals surface area contributed by atoms with Crippen molar-refractivity contribution in [1.82, 2.24) is 15.0 Å². The summed E-state index contributed by atoms with van der Waals surface area (Å²) in [4.78, 5) is 16.1. The summed E-state index contributed by atoms with van der Waals surface area (Å²) in [6, 6.07) is 20.5. The van der Waals surface area contributed by atoms with Gasteiger partial charge < -0.3 is 10.1 Å². The van der Waals surface area contributed by atoms with Crippen LogP contribution in [0, 0.1) is 13.8 Å². The van der Waals surface area contributed by atoms with E-state index < -0.39 is 21.4 Å². The van der Waals surface area contributed by atoms with E-state index in [-0.39, 0.29) is 9.46 Å². The Morgan fingerprint density at radius 3 is 1.94 bits per heavy atom. The molecule has 9 heteroatoms. The number of thiazole rings is 1. The fourth-order valence-corrected chi connectivity index (χ4v) is 3.66. The third-order valence-electron chi connectivity index (χ3n) is 4.51. The maximum absolute atomic E-state index is 11.5. The molecule has 196 valence electrons. The van der Waals surface area contributed by atoms with Gasteiger partial charge in [0.25, 0.3) is 0 Å². The van der Waals surface area contributed by atoms with Crippen molar-refractivity contribution >= 4 is 27.5 Å². The number of nitrogens with one attached hydrogen (secondary N) is 2. The predicted octanol–water partition coefficient (Wildman–Crippen LogP) is 5.96. The van der Waals surface area contributed by atoms with Crippen LogP contribution in [0.3, 0.4) is 0 Å². The maximum Gasteiger partial charge on any atom is 0.407 e. The number of aromatic nitrogens is 1. The van der Waals surface area contributed by atoms with Crippen LogP contribution in [0.2, 0.25) is 0 Å². The van der Waals surface area contributed by atoms with Crippen LogP contribution in [0.15, 0.2) is 72.4 Å². The lowest BCUT2D eigenvalue weighted by Gasteiger charge is -2.09. The zero-order valence-corrected chi connectivity index (χ0v) is 22.6. The molecule has 3 rings (SSSR count). The fourth-order valence-electron chi connectivity index (χ4n) is 2.39. The Kier molecular flexibility index (Phi) is 15.3. The first-order chi connectivity index (χ1) is 16.7. The summed E-state index contributed by atoms with van der Waals surface area (Å²) >= 11 is 1.42. The summed E-state index contributed by atoms with van der Waals surface area (Å²) in [5, 5.41) is 2.18. The molecule has 0 fully saturated rings. The lowest BCUT2D eigenvalue weighted by atomic mass is 10.2. The molecular weight excluding hydrogens is 482 g/mol. The third-order valence-corrected chi connectivity index (χ3v) is 7.11. The molecule has 0 spiro atoms. The van der Waals surface area contributed by atoms with Gasteiger partial charge in [0.15, 0.2) is 0 Å². The van der Waals surface area contributed by atoms with E-state index >= 15 is 0 Å². The second kappa shape index (κ2) is 17.7. The number of hydrogen-bond acceptors (Lipinski definition) is 6. The van der Waals surface area contributed by atoms with E-state index in [2.05, 4.69) is 53.1 Å². The van der Waals surface area contributed by atoms with E-state index in [1.165, 1.54) is 22.5 Å². The van der Waals surface area contributed by atoms with Gasteiger partial charge in [-0.15, -0.1) is 11.3 Å². The number of sulfonamides is 1. The highest BCUT2D eigenvalue weighted by Crippen LogP contribution is 2.06. The Balaban J connectivity index is 0. The van der Waals surface area contributed by atoms with Crippen molar-refractivity contribution in [1.29, 1.82) is 0 Å². The van der Waals surface area contributed by atoms with Gasteiger partial charge in [0, 0.05) is 22.1 Å². The molecule has 0 bridgehead atoms. The molecule has 0 aliphatic heterocycles. The number of hydrogen-bond donors (Lipinski definition) is 2. The van der Waals surface area contributed by atoms with Crippen molar-refractivity contribution in [2.75, 3.05) is 13.1 Å². The molecule has 0 unspecified atom stereocenters. The van der Waals surface area contributed by atoms with Gasteiger partial charge in [0.05, 0.1) is 15.6 Å². The zero-order chi connectivity index (χ0) is 25.9. The van der Waals surface area contributed by atoms with Gasteiger partial charge in [-0.05, 0) is 40.5 Å². The molecule has 1 amide bonds. The number of carbonyl (C=O) groups excluding carboxylic acids is 1. The number of ether oxygens (including phenoxy) is 1. The monoisotopic (exact) mass is 523 g/mol. The van der Waals surface area contributed by atoms with Crippen molar-refractivity contribution in [2.45, 2.75) is 52.4 Å². The van der Waals surface area contributed by atoms with Crippen molar-refractivity contribution in [3.8, 4) is 0 Å². The minimum absolute atomic E-state index is 0. The lowest BCUT2D eigenvalue weighted by Crippen LogP contribution is -2.32. The average Bonchev–Trinajstić information content (AvgIpc) is 3.35. The van der Waals surface area contributed by atoms with Crippen molar-refractivity contribution in [3.63, 3.8) is 0 Å². The summed E-state index contributed by atoms with van der Waals surface area (Å²) in [6.07, 6.45) is 2.50. The van der Waals surface area contributed by atoms with E-state index in [9.17, 15) is 13.2 Å². The van der Waals surface area contributed by atoms with Gasteiger partial charge in [-0.1, -0.05) is 71.8 Å². The number of carbonyl (C=O) groups is 1. The van der Waals surface area contributed by atoms with E-state index in [4.69, 9.17) is 4.74 Å². The second-order valence-electron chi connectivity index (χ2n) is 7.98. The number of aryl methyl sites for hydroxylation is 2. The Morgan fingerprint density at radius 2 is 1.51 bits per heavy atom. The SMILES string of the molecule is CC(C)S(=O)(=O)NCCCCNC(=O)OCc1cncs1.Cc1ccccc1.Cc1ccccc1.[HH].[HH]. The Labute approximate surface area is 217 Å². The highest BCUT2D eigenvalue weighted by molar-refractivity contribution is 7.90. The zero-order valence-electron chi connectivity index (χ0n) is 20.9. The molecule has 1 heterocycles. The molecule has 2 N–H and O–H groups in total. The van der Waals surface area contributed by atoms with Gasteiger partial charge >= 0.3 is 6.09 Å². The van der Waals surface area contributed by atoms with Crippen molar-refractivity contribution in [2.24, 2.45) is 0 Å². The number of unbranched alkanes of at least 4 members (excludes halogenated alkanes) is 1. The molecule has 0 radical (unpaired) electrons. The number of benzene rings is 2. The molecule has 35 heavy (non-hydrogen) atoms. The molecule has 0 aliphatic rings. The van der Waals surface area contributed by atoms with Crippen LogP contribution in [-0.4, -0.2) is 37.8 Å². The summed E-state index contributed by atoms with van der Waals surface area (Å²) in [5.41, 5.74) is 4.32. The van der Waals surface area contributed by atoms with Gasteiger partial charge in [-0.2, -0.15) is 0 Å². The lowest BCUT2D eigenvalue weighted by molar-refractivity contribution is 0.140. The van der Waals surface area contributed by atoms with Gasteiger partial charge in [0.2, 0.25) is 10.0 Å². The average molecular weight is 524 g/mol. The van der Waals surface area contributed by atoms with Crippen LogP contribution < -0.4 is 10.0 Å². The first-order valence-corrected chi connectivity index (χ1v) is 13.9. The smallest absolute Gasteiger partial charge is 0.407 e. The highest BCUT2D eigenvalue weighted by atomic mass is 32.2. The standard InChI is InChI=1S/C12H21N3O4S2.2C7H8.2H2/c1-10(2)21(17,18)15-6-4-3-5-14-12(16)19-8-11-7-13-9-20-11;2*1-7-5-3-2-4-6-7;;/h7,9-10,15H,3-6,8H2,1-2H3,(H,14,16);2*2-6H,1H3;2*1H. The van der Waals surface area contributed by atoms with E-state index in [0.29, 0.717) is 25.9 Å². The van der Waals surface area contributed by atoms with Crippen LogP contribution in [0.1, 0.15) is 45.5 Å². The topological polar surface area (TPSA) is 97.4 Å². The fraction of sp³-hybridized carbons (Fsp3) is 0.385. The minimum Gasteiger partial charge on any atom is -0.444 e. The molecule has 0 saturated heterocycles. The summed E-state index contributed by atoms with van der Waals surface area (Å²) in [7, 11) is -3.20. The van der Waals surface area contributed by atoms with E-state index in [0.717, 1.165) is 4.88 Å². The number of alkyl carbamates (subject to hydrolysis) is 1. The van der Waals surface area contributed by atoms with Crippen LogP contribution in [0.4, 0.5) is 4.79 Å². The first kappa shape index (κ1) is 30.3. The van der Waals surface area contributed by atoms with Crippen LogP contribution in [0.25, 0.3) is 0 Å². The molecule has 7 nitrogen and oxygen atoms in total. The summed E-state index contributed by atoms with van der Waals surface area (Å²) < 4.78 is 30.4. The van der Waals surface area contributed by atoms with Gasteiger partial charge in [-0.3, -0.25) is 4.98 Å². The third kappa shape index (κ3) is 15.7. The molecule has 0 saturated carbocycles. The summed E-state index contributed by atoms with van der Waals surface area (Å²) in [6.45, 7) is 8.46. The van der Waals surface area contributed by atoms with Crippen LogP contribution in [-0.2, 0) is 21.4 Å². The Hall–Kier alpha value is -2.75. The maximum atomic E-state index is 11.5. The largest absolute Gasteiger partial charge is 0.444 e. The Morgan fingerprint density at radius 1 is 0.971 bits per heavy atom. The first-order valence-electron chi connectivity index (χ1n) is 11.5. The molecular formula is C26H41N3O4S2. The molecule has 3 aromatic rings. The van der Waals surface area contributed by atoms with Gasteiger partial charge in [-0.25, -0.2) is 17.9 Å². The molecule has 0 aliphatic carbocycles. The summed E-state index contributed by atoms with van der Waals surface area (Å²) in [5.74, 6) is 0. The van der Waals surface area contributed by atoms with E-state index in [1.807, 2.05) is 36.4 Å². The van der Waals surface area contributed by atoms with E-state index in [1.54, 1.807) is 25.6 Å². The second-order valence-corrected chi connectivity index (χ2v) is 11.3. The normalized spacial score (nSPS) is 10.4. The van der Waals surface area contributed by atoms with Crippen molar-refractivity contribution < 1.29 is 20.8 Å².